The first-order valence-electron chi connectivity index (χ1n) is 12.7. The Kier molecular flexibility index (Phi) is 9.56. The molecule has 3 N–H and O–H groups in total. The molecule has 0 aliphatic carbocycles. The second kappa shape index (κ2) is 11.9. The highest BCUT2D eigenvalue weighted by Gasteiger charge is 2.53. The molecule has 1 aliphatic rings. The molecule has 1 saturated heterocycles. The molecule has 2 aromatic carbocycles. The van der Waals surface area contributed by atoms with Gasteiger partial charge in [0.2, 0.25) is 15.9 Å². The fourth-order valence-corrected chi connectivity index (χ4v) is 7.08. The maximum Gasteiger partial charge on any atom is 0.304 e. The number of hydrogen-bond acceptors (Lipinski definition) is 4. The molecule has 1 aliphatic heterocycles. The average Bonchev–Trinajstić information content (AvgIpc) is 2.78. The summed E-state index contributed by atoms with van der Waals surface area (Å²) in [7, 11) is -3.72. The van der Waals surface area contributed by atoms with Crippen LogP contribution in [-0.4, -0.2) is 42.1 Å². The number of carbonyl (C=O) groups excluding carboxylic acids is 1. The summed E-state index contributed by atoms with van der Waals surface area (Å²) in [5.41, 5.74) is 0.569. The third kappa shape index (κ3) is 7.29. The number of nitrogens with zero attached hydrogens (tertiary/aromatic N) is 1. The van der Waals surface area contributed by atoms with Crippen LogP contribution in [0.2, 0.25) is 10.0 Å². The van der Waals surface area contributed by atoms with E-state index in [4.69, 9.17) is 28.3 Å². The van der Waals surface area contributed by atoms with Gasteiger partial charge in [0.25, 0.3) is 0 Å². The summed E-state index contributed by atoms with van der Waals surface area (Å²) in [4.78, 5) is 28.1. The minimum Gasteiger partial charge on any atom is -0.481 e. The van der Waals surface area contributed by atoms with Crippen LogP contribution in [0.1, 0.15) is 70.0 Å². The van der Waals surface area contributed by atoms with Crippen molar-refractivity contribution in [1.29, 1.82) is 0 Å². The van der Waals surface area contributed by atoms with E-state index < -0.39 is 27.4 Å². The van der Waals surface area contributed by atoms with E-state index in [2.05, 4.69) is 0 Å². The Morgan fingerprint density at radius 1 is 1.11 bits per heavy atom. The van der Waals surface area contributed by atoms with Gasteiger partial charge in [-0.3, -0.25) is 9.59 Å². The number of hydrogen-bond donors (Lipinski definition) is 2. The van der Waals surface area contributed by atoms with Gasteiger partial charge in [0.15, 0.2) is 0 Å². The number of likely N-dealkylation sites (tertiary alicyclic amines) is 1. The molecule has 0 spiro atoms. The van der Waals surface area contributed by atoms with Gasteiger partial charge in [-0.05, 0) is 60.1 Å². The molecule has 1 fully saturated rings. The number of amides is 1. The van der Waals surface area contributed by atoms with E-state index in [0.717, 1.165) is 11.1 Å². The molecule has 38 heavy (non-hydrogen) atoms. The van der Waals surface area contributed by atoms with Gasteiger partial charge in [-0.1, -0.05) is 75.2 Å². The number of carboxylic acids is 1. The number of benzene rings is 2. The van der Waals surface area contributed by atoms with Crippen LogP contribution in [0.5, 0.6) is 0 Å². The van der Waals surface area contributed by atoms with Gasteiger partial charge in [0, 0.05) is 22.0 Å². The summed E-state index contributed by atoms with van der Waals surface area (Å²) in [6.45, 7) is 7.48. The van der Waals surface area contributed by atoms with Crippen molar-refractivity contribution in [2.45, 2.75) is 65.0 Å². The highest BCUT2D eigenvalue weighted by molar-refractivity contribution is 7.89. The predicted octanol–water partition coefficient (Wildman–Crippen LogP) is 5.87. The Labute approximate surface area is 235 Å². The summed E-state index contributed by atoms with van der Waals surface area (Å²) in [5, 5.41) is 16.2. The van der Waals surface area contributed by atoms with Crippen molar-refractivity contribution in [3.8, 4) is 0 Å². The van der Waals surface area contributed by atoms with Crippen LogP contribution in [0.4, 0.5) is 0 Å². The second-order valence-corrected chi connectivity index (χ2v) is 13.7. The number of rotatable bonds is 10. The van der Waals surface area contributed by atoms with E-state index in [1.54, 1.807) is 32.0 Å². The van der Waals surface area contributed by atoms with Gasteiger partial charge >= 0.3 is 5.97 Å². The lowest BCUT2D eigenvalue weighted by atomic mass is 9.66. The molecule has 10 heteroatoms. The molecule has 3 rings (SSSR count). The fraction of sp³-hybridized carbons (Fsp3) is 0.500. The maximum absolute atomic E-state index is 14.4. The largest absolute Gasteiger partial charge is 0.481 e. The SMILES string of the molecule is CC(C[C@@H](C(C)C)N1C(=O)[C@@](C)(CC(=O)O)C[C@H](c2cccc(Cl)c2)[C@H]1c1ccc(Cl)cc1)CS(N)(=O)=O. The predicted molar refractivity (Wildman–Crippen MR) is 151 cm³/mol. The van der Waals surface area contributed by atoms with Gasteiger partial charge < -0.3 is 10.0 Å². The third-order valence-corrected chi connectivity index (χ3v) is 8.94. The second-order valence-electron chi connectivity index (χ2n) is 11.2. The van der Waals surface area contributed by atoms with Crippen LogP contribution in [0.25, 0.3) is 0 Å². The molecule has 5 atom stereocenters. The monoisotopic (exact) mass is 582 g/mol. The van der Waals surface area contributed by atoms with Gasteiger partial charge in [0.1, 0.15) is 0 Å². The zero-order chi connectivity index (χ0) is 28.4. The number of halogens is 2. The van der Waals surface area contributed by atoms with E-state index in [1.165, 1.54) is 0 Å². The lowest BCUT2D eigenvalue weighted by Gasteiger charge is -2.53. The fourth-order valence-electron chi connectivity index (χ4n) is 5.83. The van der Waals surface area contributed by atoms with E-state index in [0.29, 0.717) is 22.9 Å². The van der Waals surface area contributed by atoms with E-state index >= 15 is 0 Å². The highest BCUT2D eigenvalue weighted by Crippen LogP contribution is 2.53. The van der Waals surface area contributed by atoms with Crippen LogP contribution in [0.15, 0.2) is 48.5 Å². The Morgan fingerprint density at radius 3 is 2.26 bits per heavy atom. The number of primary sulfonamides is 1. The van der Waals surface area contributed by atoms with E-state index in [1.807, 2.05) is 49.1 Å². The van der Waals surface area contributed by atoms with Crippen molar-refractivity contribution in [2.24, 2.45) is 22.4 Å². The first-order chi connectivity index (χ1) is 17.6. The van der Waals surface area contributed by atoms with Crippen molar-refractivity contribution >= 4 is 45.1 Å². The minimum absolute atomic E-state index is 0.0520. The number of carbonyl (C=O) groups is 2. The van der Waals surface area contributed by atoms with Crippen LogP contribution in [0.3, 0.4) is 0 Å². The van der Waals surface area contributed by atoms with Crippen molar-refractivity contribution in [3.63, 3.8) is 0 Å². The van der Waals surface area contributed by atoms with Gasteiger partial charge in [-0.15, -0.1) is 0 Å². The molecule has 1 amide bonds. The summed E-state index contributed by atoms with van der Waals surface area (Å²) in [5.74, 6) is -2.18. The lowest BCUT2D eigenvalue weighted by Crippen LogP contribution is -2.57. The smallest absolute Gasteiger partial charge is 0.304 e. The summed E-state index contributed by atoms with van der Waals surface area (Å²) < 4.78 is 23.7. The molecule has 1 heterocycles. The van der Waals surface area contributed by atoms with Gasteiger partial charge in [-0.25, -0.2) is 13.6 Å². The average molecular weight is 584 g/mol. The van der Waals surface area contributed by atoms with Crippen molar-refractivity contribution in [3.05, 3.63) is 69.7 Å². The Bertz CT molecular complexity index is 1270. The lowest BCUT2D eigenvalue weighted by molar-refractivity contribution is -0.162. The van der Waals surface area contributed by atoms with Crippen LogP contribution in [-0.2, 0) is 19.6 Å². The Hall–Kier alpha value is -2.13. The molecule has 7 nitrogen and oxygen atoms in total. The van der Waals surface area contributed by atoms with E-state index in [-0.39, 0.29) is 41.9 Å². The molecular formula is C28H36Cl2N2O5S. The minimum atomic E-state index is -3.72. The normalized spacial score (nSPS) is 23.9. The number of sulfonamides is 1. The summed E-state index contributed by atoms with van der Waals surface area (Å²) in [6.07, 6.45) is 0.361. The molecule has 2 aromatic rings. The standard InChI is InChI=1S/C28H36Cl2N2O5S/c1-17(2)24(12-18(3)16-38(31,36)37)32-26(19-8-10-21(29)11-9-19)23(20-6-5-7-22(30)13-20)14-28(4,27(32)35)15-25(33)34/h5-11,13,17-18,23-24,26H,12,14-16H2,1-4H3,(H,33,34)(H2,31,36,37)/t18?,23-,24+,26-,28-/m1/s1. The molecule has 0 saturated carbocycles. The molecule has 0 radical (unpaired) electrons. The maximum atomic E-state index is 14.4. The van der Waals surface area contributed by atoms with Crippen LogP contribution in [0, 0.1) is 17.3 Å². The van der Waals surface area contributed by atoms with Crippen LogP contribution >= 0.6 is 23.2 Å². The quantitative estimate of drug-likeness (QED) is 0.363. The van der Waals surface area contributed by atoms with Crippen molar-refractivity contribution in [1.82, 2.24) is 4.90 Å². The number of aliphatic carboxylic acids is 1. The summed E-state index contributed by atoms with van der Waals surface area (Å²) in [6, 6.07) is 13.9. The number of piperidine rings is 1. The molecule has 0 bridgehead atoms. The van der Waals surface area contributed by atoms with Crippen LogP contribution < -0.4 is 5.14 Å². The molecule has 0 aromatic heterocycles. The topological polar surface area (TPSA) is 118 Å². The molecular weight excluding hydrogens is 547 g/mol. The van der Waals surface area contributed by atoms with Crippen molar-refractivity contribution in [2.75, 3.05) is 5.75 Å². The zero-order valence-corrected chi connectivity index (χ0v) is 24.4. The zero-order valence-electron chi connectivity index (χ0n) is 22.1. The third-order valence-electron chi connectivity index (χ3n) is 7.42. The summed E-state index contributed by atoms with van der Waals surface area (Å²) >= 11 is 12.6. The Balaban J connectivity index is 2.24. The first kappa shape index (κ1) is 30.4. The molecule has 1 unspecified atom stereocenters. The van der Waals surface area contributed by atoms with E-state index in [9.17, 15) is 23.1 Å². The van der Waals surface area contributed by atoms with Gasteiger partial charge in [0.05, 0.1) is 23.6 Å². The van der Waals surface area contributed by atoms with Gasteiger partial charge in [-0.2, -0.15) is 0 Å². The Morgan fingerprint density at radius 2 is 1.74 bits per heavy atom. The highest BCUT2D eigenvalue weighted by atomic mass is 35.5. The number of carboxylic acid groups (broad SMARTS) is 1. The van der Waals surface area contributed by atoms with Crippen molar-refractivity contribution < 1.29 is 23.1 Å². The molecule has 208 valence electrons. The first-order valence-corrected chi connectivity index (χ1v) is 15.1. The number of nitrogens with two attached hydrogens (primary N) is 1.